The van der Waals surface area contributed by atoms with Crippen molar-refractivity contribution in [2.75, 3.05) is 19.1 Å². The second-order valence-electron chi connectivity index (χ2n) is 6.41. The van der Waals surface area contributed by atoms with Crippen LogP contribution in [0, 0.1) is 0 Å². The van der Waals surface area contributed by atoms with E-state index in [1.165, 1.54) is 4.90 Å². The van der Waals surface area contributed by atoms with Gasteiger partial charge in [-0.25, -0.2) is 9.69 Å². The van der Waals surface area contributed by atoms with Crippen LogP contribution < -0.4 is 9.64 Å². The molecule has 5 nitrogen and oxygen atoms in total. The van der Waals surface area contributed by atoms with Crippen molar-refractivity contribution in [1.29, 1.82) is 0 Å². The lowest BCUT2D eigenvalue weighted by molar-refractivity contribution is -0.123. The Morgan fingerprint density at radius 2 is 1.73 bits per heavy atom. The zero-order valence-electron chi connectivity index (χ0n) is 14.6. The number of methoxy groups -OCH3 is 1. The quantitative estimate of drug-likeness (QED) is 0.724. The van der Waals surface area contributed by atoms with Crippen molar-refractivity contribution in [2.24, 2.45) is 0 Å². The third kappa shape index (κ3) is 3.13. The molecule has 0 bridgehead atoms. The molecule has 3 rings (SSSR count). The number of urea groups is 1. The van der Waals surface area contributed by atoms with Crippen LogP contribution in [0.15, 0.2) is 42.5 Å². The smallest absolute Gasteiger partial charge is 0.332 e. The second kappa shape index (κ2) is 6.82. The summed E-state index contributed by atoms with van der Waals surface area (Å²) in [5.74, 6) is 0.371. The molecule has 0 aliphatic carbocycles. The van der Waals surface area contributed by atoms with Crippen LogP contribution in [0.1, 0.15) is 12.5 Å². The molecule has 1 heterocycles. The molecule has 0 N–H and O–H groups in total. The number of nitrogens with zero attached hydrogens (tertiary/aromatic N) is 2. The minimum Gasteiger partial charge on any atom is -0.497 e. The second-order valence-corrected chi connectivity index (χ2v) is 7.28. The number of ether oxygens (including phenoxy) is 1. The maximum Gasteiger partial charge on any atom is 0.332 e. The first-order valence-corrected chi connectivity index (χ1v) is 8.73. The summed E-state index contributed by atoms with van der Waals surface area (Å²) in [6.07, 6.45) is 0.357. The highest BCUT2D eigenvalue weighted by Crippen LogP contribution is 2.36. The van der Waals surface area contributed by atoms with Gasteiger partial charge in [0.2, 0.25) is 0 Å². The number of amides is 3. The van der Waals surface area contributed by atoms with E-state index in [1.807, 2.05) is 24.3 Å². The molecule has 1 aliphatic heterocycles. The topological polar surface area (TPSA) is 49.9 Å². The molecular weight excluding hydrogens is 375 g/mol. The number of rotatable bonds is 4. The van der Waals surface area contributed by atoms with Gasteiger partial charge in [-0.15, -0.1) is 0 Å². The summed E-state index contributed by atoms with van der Waals surface area (Å²) in [6, 6.07) is 11.7. The molecule has 1 saturated heterocycles. The molecule has 1 atom stereocenters. The van der Waals surface area contributed by atoms with E-state index in [2.05, 4.69) is 0 Å². The predicted molar refractivity (Wildman–Crippen MR) is 102 cm³/mol. The normalized spacial score (nSPS) is 20.0. The van der Waals surface area contributed by atoms with Gasteiger partial charge in [0, 0.05) is 23.5 Å². The Hall–Kier alpha value is -2.24. The zero-order valence-corrected chi connectivity index (χ0v) is 16.1. The Labute approximate surface area is 162 Å². The van der Waals surface area contributed by atoms with Gasteiger partial charge in [-0.3, -0.25) is 4.79 Å². The Morgan fingerprint density at radius 1 is 1.08 bits per heavy atom. The zero-order chi connectivity index (χ0) is 19.1. The number of hydrogen-bond donors (Lipinski definition) is 0. The molecule has 7 heteroatoms. The summed E-state index contributed by atoms with van der Waals surface area (Å²) in [7, 11) is 3.20. The predicted octanol–water partition coefficient (Wildman–Crippen LogP) is 4.40. The maximum atomic E-state index is 13.2. The number of imide groups is 1. The van der Waals surface area contributed by atoms with Crippen LogP contribution in [-0.4, -0.2) is 36.5 Å². The van der Waals surface area contributed by atoms with Crippen LogP contribution in [-0.2, 0) is 11.2 Å². The van der Waals surface area contributed by atoms with Gasteiger partial charge in [-0.1, -0.05) is 35.3 Å². The van der Waals surface area contributed by atoms with E-state index in [0.29, 0.717) is 27.9 Å². The number of carbonyl (C=O) groups is 2. The molecule has 3 amide bonds. The van der Waals surface area contributed by atoms with Crippen molar-refractivity contribution < 1.29 is 14.3 Å². The van der Waals surface area contributed by atoms with Crippen LogP contribution in [0.4, 0.5) is 10.5 Å². The first kappa shape index (κ1) is 18.5. The first-order valence-electron chi connectivity index (χ1n) is 7.97. The standard InChI is InChI=1S/C19H18Cl2N2O3/c1-19(11-12-5-4-6-16(7-12)26-3)17(24)23(18(25)22(19)2)15-9-13(20)8-14(21)10-15/h4-10H,11H2,1-3H3. The maximum absolute atomic E-state index is 13.2. The molecule has 2 aromatic rings. The average molecular weight is 393 g/mol. The van der Waals surface area contributed by atoms with Crippen molar-refractivity contribution in [1.82, 2.24) is 4.90 Å². The number of halogens is 2. The van der Waals surface area contributed by atoms with Crippen LogP contribution in [0.25, 0.3) is 0 Å². The van der Waals surface area contributed by atoms with E-state index in [9.17, 15) is 9.59 Å². The highest BCUT2D eigenvalue weighted by atomic mass is 35.5. The van der Waals surface area contributed by atoms with E-state index in [0.717, 1.165) is 10.5 Å². The van der Waals surface area contributed by atoms with E-state index in [1.54, 1.807) is 39.3 Å². The number of benzene rings is 2. The fourth-order valence-corrected chi connectivity index (χ4v) is 3.62. The van der Waals surface area contributed by atoms with Crippen LogP contribution in [0.5, 0.6) is 5.75 Å². The molecule has 2 aromatic carbocycles. The van der Waals surface area contributed by atoms with E-state index in [4.69, 9.17) is 27.9 Å². The molecule has 136 valence electrons. The van der Waals surface area contributed by atoms with Crippen molar-refractivity contribution in [3.63, 3.8) is 0 Å². The largest absolute Gasteiger partial charge is 0.497 e. The van der Waals surface area contributed by atoms with E-state index in [-0.39, 0.29) is 5.91 Å². The SMILES string of the molecule is COc1cccc(CC2(C)C(=O)N(c3cc(Cl)cc(Cl)c3)C(=O)N2C)c1. The van der Waals surface area contributed by atoms with Crippen molar-refractivity contribution in [2.45, 2.75) is 18.9 Å². The van der Waals surface area contributed by atoms with Crippen molar-refractivity contribution in [3.05, 3.63) is 58.1 Å². The van der Waals surface area contributed by atoms with Gasteiger partial charge >= 0.3 is 6.03 Å². The molecule has 0 saturated carbocycles. The lowest BCUT2D eigenvalue weighted by atomic mass is 9.91. The summed E-state index contributed by atoms with van der Waals surface area (Å²) in [5, 5.41) is 0.717. The Bertz CT molecular complexity index is 867. The van der Waals surface area contributed by atoms with Crippen molar-refractivity contribution in [3.8, 4) is 5.75 Å². The van der Waals surface area contributed by atoms with Crippen LogP contribution in [0.2, 0.25) is 10.0 Å². The number of carbonyl (C=O) groups excluding carboxylic acids is 2. The van der Waals surface area contributed by atoms with Gasteiger partial charge < -0.3 is 9.64 Å². The molecule has 0 spiro atoms. The van der Waals surface area contributed by atoms with E-state index >= 15 is 0 Å². The fraction of sp³-hybridized carbons (Fsp3) is 0.263. The fourth-order valence-electron chi connectivity index (χ4n) is 3.10. The number of hydrogen-bond acceptors (Lipinski definition) is 3. The van der Waals surface area contributed by atoms with Crippen LogP contribution in [0.3, 0.4) is 0 Å². The molecule has 0 radical (unpaired) electrons. The summed E-state index contributed by atoms with van der Waals surface area (Å²) >= 11 is 12.1. The monoisotopic (exact) mass is 392 g/mol. The van der Waals surface area contributed by atoms with Crippen molar-refractivity contribution >= 4 is 40.8 Å². The van der Waals surface area contributed by atoms with Gasteiger partial charge in [-0.05, 0) is 42.8 Å². The number of likely N-dealkylation sites (N-methyl/N-ethyl adjacent to an activating group) is 1. The Morgan fingerprint density at radius 3 is 2.35 bits per heavy atom. The third-order valence-electron chi connectivity index (χ3n) is 4.67. The lowest BCUT2D eigenvalue weighted by Crippen LogP contribution is -2.47. The highest BCUT2D eigenvalue weighted by Gasteiger charge is 2.53. The molecule has 1 fully saturated rings. The number of anilines is 1. The Kier molecular flexibility index (Phi) is 4.86. The minimum atomic E-state index is -1.03. The van der Waals surface area contributed by atoms with E-state index < -0.39 is 11.6 Å². The lowest BCUT2D eigenvalue weighted by Gasteiger charge is -2.28. The third-order valence-corrected chi connectivity index (χ3v) is 5.11. The molecule has 26 heavy (non-hydrogen) atoms. The summed E-state index contributed by atoms with van der Waals surface area (Å²) in [5.41, 5.74) is 0.225. The molecule has 0 aromatic heterocycles. The first-order chi connectivity index (χ1) is 12.3. The summed E-state index contributed by atoms with van der Waals surface area (Å²) in [6.45, 7) is 1.75. The molecular formula is C19H18Cl2N2O3. The van der Waals surface area contributed by atoms with Gasteiger partial charge in [0.15, 0.2) is 0 Å². The Balaban J connectivity index is 1.98. The average Bonchev–Trinajstić information content (AvgIpc) is 2.75. The summed E-state index contributed by atoms with van der Waals surface area (Å²) < 4.78 is 5.24. The molecule has 1 aliphatic rings. The van der Waals surface area contributed by atoms with Gasteiger partial charge in [0.05, 0.1) is 12.8 Å². The van der Waals surface area contributed by atoms with Gasteiger partial charge in [0.25, 0.3) is 5.91 Å². The van der Waals surface area contributed by atoms with Gasteiger partial charge in [0.1, 0.15) is 11.3 Å². The summed E-state index contributed by atoms with van der Waals surface area (Å²) in [4.78, 5) is 28.5. The molecule has 1 unspecified atom stereocenters. The minimum absolute atomic E-state index is 0.328. The van der Waals surface area contributed by atoms with Crippen LogP contribution >= 0.6 is 23.2 Å². The highest BCUT2D eigenvalue weighted by molar-refractivity contribution is 6.35. The van der Waals surface area contributed by atoms with Gasteiger partial charge in [-0.2, -0.15) is 0 Å².